The first-order chi connectivity index (χ1) is 18.1. The summed E-state index contributed by atoms with van der Waals surface area (Å²) in [6, 6.07) is 20.6. The van der Waals surface area contributed by atoms with Crippen LogP contribution in [0.5, 0.6) is 5.75 Å². The maximum Gasteiger partial charge on any atom is 0.150 e. The lowest BCUT2D eigenvalue weighted by atomic mass is 9.87. The normalized spacial score (nSPS) is 18.0. The fourth-order valence-corrected chi connectivity index (χ4v) is 6.40. The van der Waals surface area contributed by atoms with Crippen LogP contribution in [0.3, 0.4) is 0 Å². The molecule has 1 saturated heterocycles. The van der Waals surface area contributed by atoms with E-state index in [-0.39, 0.29) is 12.8 Å². The first-order valence-corrected chi connectivity index (χ1v) is 14.2. The van der Waals surface area contributed by atoms with Gasteiger partial charge < -0.3 is 4.74 Å². The predicted octanol–water partition coefficient (Wildman–Crippen LogP) is 7.73. The zero-order chi connectivity index (χ0) is 25.8. The maximum atomic E-state index is 12.5. The summed E-state index contributed by atoms with van der Waals surface area (Å²) in [4.78, 5) is 14.9. The minimum atomic E-state index is -0.269. The number of likely N-dealkylation sites (tertiary alicyclic amines) is 1. The number of thioether (sulfide) groups is 1. The van der Waals surface area contributed by atoms with Crippen LogP contribution >= 0.6 is 23.4 Å². The highest BCUT2D eigenvalue weighted by atomic mass is 35.5. The molecule has 0 saturated carbocycles. The van der Waals surface area contributed by atoms with Gasteiger partial charge in [0.25, 0.3) is 0 Å². The molecule has 1 unspecified atom stereocenters. The van der Waals surface area contributed by atoms with E-state index in [2.05, 4.69) is 47.4 Å². The van der Waals surface area contributed by atoms with Gasteiger partial charge in [-0.15, -0.1) is 11.8 Å². The number of allylic oxidation sites excluding steroid dienone is 1. The van der Waals surface area contributed by atoms with Crippen LogP contribution in [-0.2, 0) is 0 Å². The highest BCUT2D eigenvalue weighted by Gasteiger charge is 2.24. The number of carbonyl (C=O) groups is 1. The molecule has 0 amide bonds. The fraction of sp³-hybridized carbons (Fsp3) is 0.323. The number of carbonyl (C=O) groups excluding carboxylic acids is 1. The molecule has 37 heavy (non-hydrogen) atoms. The van der Waals surface area contributed by atoms with Crippen molar-refractivity contribution in [3.63, 3.8) is 0 Å². The van der Waals surface area contributed by atoms with Crippen molar-refractivity contribution in [3.05, 3.63) is 93.5 Å². The molecule has 0 bridgehead atoms. The van der Waals surface area contributed by atoms with E-state index in [9.17, 15) is 9.18 Å². The van der Waals surface area contributed by atoms with E-state index in [0.717, 1.165) is 76.9 Å². The lowest BCUT2D eigenvalue weighted by molar-refractivity contribution is 0.112. The lowest BCUT2D eigenvalue weighted by Gasteiger charge is -2.19. The van der Waals surface area contributed by atoms with Gasteiger partial charge in [0.15, 0.2) is 0 Å². The molecule has 0 radical (unpaired) electrons. The molecule has 5 rings (SSSR count). The average molecular weight is 536 g/mol. The monoisotopic (exact) mass is 535 g/mol. The number of hydrogen-bond acceptors (Lipinski definition) is 4. The Bertz CT molecular complexity index is 1310. The summed E-state index contributed by atoms with van der Waals surface area (Å²) in [7, 11) is 0. The SMILES string of the molecule is Cc1cc(C2=C(c3ccc(OC4CCN(CCCF)C4)cc3)c3ccc(C=O)cc3SCC2)ccc1Cl. The smallest absolute Gasteiger partial charge is 0.150 e. The second-order valence-electron chi connectivity index (χ2n) is 9.69. The Morgan fingerprint density at radius 2 is 1.92 bits per heavy atom. The van der Waals surface area contributed by atoms with Gasteiger partial charge in [0.1, 0.15) is 18.1 Å². The Hall–Kier alpha value is -2.60. The van der Waals surface area contributed by atoms with Gasteiger partial charge in [-0.1, -0.05) is 48.0 Å². The quantitative estimate of drug-likeness (QED) is 0.276. The zero-order valence-electron chi connectivity index (χ0n) is 21.0. The molecule has 6 heteroatoms. The lowest BCUT2D eigenvalue weighted by Crippen LogP contribution is -2.26. The minimum Gasteiger partial charge on any atom is -0.489 e. The van der Waals surface area contributed by atoms with Gasteiger partial charge in [0.05, 0.1) is 6.67 Å². The van der Waals surface area contributed by atoms with E-state index >= 15 is 0 Å². The van der Waals surface area contributed by atoms with E-state index in [0.29, 0.717) is 12.0 Å². The summed E-state index contributed by atoms with van der Waals surface area (Å²) in [6.07, 6.45) is 3.49. The highest BCUT2D eigenvalue weighted by Crippen LogP contribution is 2.43. The zero-order valence-corrected chi connectivity index (χ0v) is 22.6. The van der Waals surface area contributed by atoms with E-state index in [1.165, 1.54) is 16.7 Å². The molecule has 2 aliphatic rings. The molecule has 2 heterocycles. The molecular formula is C31H31ClFNO2S. The molecular weight excluding hydrogens is 505 g/mol. The van der Waals surface area contributed by atoms with Crippen molar-refractivity contribution < 1.29 is 13.9 Å². The van der Waals surface area contributed by atoms with Gasteiger partial charge in [0.2, 0.25) is 0 Å². The van der Waals surface area contributed by atoms with Crippen molar-refractivity contribution in [3.8, 4) is 5.75 Å². The molecule has 0 N–H and O–H groups in total. The number of aldehydes is 1. The summed E-state index contributed by atoms with van der Waals surface area (Å²) in [6.45, 7) is 4.36. The number of aryl methyl sites for hydroxylation is 1. The number of rotatable bonds is 8. The van der Waals surface area contributed by atoms with Crippen molar-refractivity contribution >= 4 is 40.8 Å². The van der Waals surface area contributed by atoms with Crippen LogP contribution in [0, 0.1) is 6.92 Å². The summed E-state index contributed by atoms with van der Waals surface area (Å²) in [5.41, 5.74) is 7.64. The Balaban J connectivity index is 1.49. The Labute approximate surface area is 227 Å². The first kappa shape index (κ1) is 26.0. The maximum absolute atomic E-state index is 12.5. The molecule has 3 aromatic rings. The largest absolute Gasteiger partial charge is 0.489 e. The first-order valence-electron chi connectivity index (χ1n) is 12.8. The van der Waals surface area contributed by atoms with Crippen molar-refractivity contribution in [1.82, 2.24) is 4.90 Å². The third kappa shape index (κ3) is 5.95. The summed E-state index contributed by atoms with van der Waals surface area (Å²) >= 11 is 8.15. The molecule has 0 aromatic heterocycles. The molecule has 1 fully saturated rings. The van der Waals surface area contributed by atoms with Crippen LogP contribution in [-0.4, -0.2) is 49.4 Å². The second-order valence-corrected chi connectivity index (χ2v) is 11.2. The molecule has 0 aliphatic carbocycles. The minimum absolute atomic E-state index is 0.133. The van der Waals surface area contributed by atoms with Gasteiger partial charge >= 0.3 is 0 Å². The summed E-state index contributed by atoms with van der Waals surface area (Å²) in [5, 5.41) is 0.765. The molecule has 3 aromatic carbocycles. The third-order valence-electron chi connectivity index (χ3n) is 7.11. The number of ether oxygens (including phenoxy) is 1. The van der Waals surface area contributed by atoms with Crippen LogP contribution in [0.4, 0.5) is 4.39 Å². The van der Waals surface area contributed by atoms with Gasteiger partial charge in [-0.25, -0.2) is 0 Å². The molecule has 1 atom stereocenters. The van der Waals surface area contributed by atoms with E-state index in [1.807, 2.05) is 25.1 Å². The van der Waals surface area contributed by atoms with Gasteiger partial charge in [-0.05, 0) is 83.9 Å². The van der Waals surface area contributed by atoms with Gasteiger partial charge in [0, 0.05) is 40.9 Å². The molecule has 2 aliphatic heterocycles. The number of fused-ring (bicyclic) bond motifs is 1. The summed E-state index contributed by atoms with van der Waals surface area (Å²) in [5.74, 6) is 1.78. The number of alkyl halides is 1. The Kier molecular flexibility index (Phi) is 8.33. The molecule has 192 valence electrons. The molecule has 3 nitrogen and oxygen atoms in total. The standard InChI is InChI=1S/C31H31ClFNO2S/c1-21-17-24(6-10-29(21)32)27-12-16-37-30-18-22(20-35)3-9-28(30)31(27)23-4-7-25(8-5-23)36-26-11-15-34(19-26)14-2-13-33/h3-10,17-18,20,26H,2,11-16,19H2,1H3. The van der Waals surface area contributed by atoms with E-state index in [1.54, 1.807) is 11.8 Å². The van der Waals surface area contributed by atoms with E-state index in [4.69, 9.17) is 16.3 Å². The van der Waals surface area contributed by atoms with Crippen molar-refractivity contribution in [1.29, 1.82) is 0 Å². The van der Waals surface area contributed by atoms with Gasteiger partial charge in [-0.2, -0.15) is 0 Å². The van der Waals surface area contributed by atoms with Crippen LogP contribution < -0.4 is 4.74 Å². The van der Waals surface area contributed by atoms with Crippen LogP contribution in [0.2, 0.25) is 5.02 Å². The van der Waals surface area contributed by atoms with Crippen LogP contribution in [0.1, 0.15) is 51.9 Å². The van der Waals surface area contributed by atoms with Crippen molar-refractivity contribution in [2.24, 2.45) is 0 Å². The van der Waals surface area contributed by atoms with Crippen molar-refractivity contribution in [2.75, 3.05) is 32.1 Å². The Morgan fingerprint density at radius 3 is 2.68 bits per heavy atom. The van der Waals surface area contributed by atoms with Crippen LogP contribution in [0.25, 0.3) is 11.1 Å². The van der Waals surface area contributed by atoms with Crippen LogP contribution in [0.15, 0.2) is 65.6 Å². The fourth-order valence-electron chi connectivity index (χ4n) is 5.21. The van der Waals surface area contributed by atoms with E-state index < -0.39 is 0 Å². The average Bonchev–Trinajstić information content (AvgIpc) is 3.27. The third-order valence-corrected chi connectivity index (χ3v) is 8.59. The topological polar surface area (TPSA) is 29.5 Å². The number of nitrogens with zero attached hydrogens (tertiary/aromatic N) is 1. The number of halogens is 2. The number of benzene rings is 3. The highest BCUT2D eigenvalue weighted by molar-refractivity contribution is 7.99. The summed E-state index contributed by atoms with van der Waals surface area (Å²) < 4.78 is 18.8. The predicted molar refractivity (Wildman–Crippen MR) is 152 cm³/mol. The van der Waals surface area contributed by atoms with Crippen molar-refractivity contribution in [2.45, 2.75) is 37.2 Å². The molecule has 0 spiro atoms. The van der Waals surface area contributed by atoms with Gasteiger partial charge in [-0.3, -0.25) is 14.1 Å². The Morgan fingerprint density at radius 1 is 1.11 bits per heavy atom. The number of hydrogen-bond donors (Lipinski definition) is 0. The second kappa shape index (κ2) is 11.8.